The van der Waals surface area contributed by atoms with Crippen molar-refractivity contribution in [1.29, 1.82) is 0 Å². The number of hydrogen-bond acceptors (Lipinski definition) is 3. The molecule has 4 nitrogen and oxygen atoms in total. The third kappa shape index (κ3) is 4.74. The van der Waals surface area contributed by atoms with Crippen LogP contribution in [0.5, 0.6) is 5.75 Å². The van der Waals surface area contributed by atoms with E-state index < -0.39 is 0 Å². The zero-order valence-electron chi connectivity index (χ0n) is 12.9. The fourth-order valence-corrected chi connectivity index (χ4v) is 1.91. The molecule has 1 amide bonds. The third-order valence-corrected chi connectivity index (χ3v) is 3.28. The second-order valence-corrected chi connectivity index (χ2v) is 4.94. The van der Waals surface area contributed by atoms with Crippen LogP contribution in [-0.4, -0.2) is 18.7 Å². The van der Waals surface area contributed by atoms with Gasteiger partial charge in [-0.1, -0.05) is 43.3 Å². The first kappa shape index (κ1) is 15.8. The minimum absolute atomic E-state index is 0.0589. The molecule has 0 saturated carbocycles. The second kappa shape index (κ2) is 7.98. The average molecular weight is 296 g/mol. The Bertz CT molecular complexity index is 648. The number of rotatable bonds is 6. The predicted octanol–water partition coefficient (Wildman–Crippen LogP) is 3.09. The Balaban J connectivity index is 1.79. The highest BCUT2D eigenvalue weighted by Crippen LogP contribution is 2.12. The van der Waals surface area contributed by atoms with E-state index >= 15 is 0 Å². The molecule has 0 saturated heterocycles. The molecule has 0 bridgehead atoms. The first-order valence-electron chi connectivity index (χ1n) is 7.28. The molecule has 0 heterocycles. The van der Waals surface area contributed by atoms with Crippen LogP contribution in [0.25, 0.3) is 0 Å². The van der Waals surface area contributed by atoms with Gasteiger partial charge in [-0.2, -0.15) is 5.10 Å². The lowest BCUT2D eigenvalue weighted by Gasteiger charge is -2.05. The summed E-state index contributed by atoms with van der Waals surface area (Å²) in [6.45, 7) is 4.03. The molecule has 0 unspecified atom stereocenters. The van der Waals surface area contributed by atoms with Crippen molar-refractivity contribution in [3.63, 3.8) is 0 Å². The molecule has 0 spiro atoms. The van der Waals surface area contributed by atoms with E-state index in [2.05, 4.69) is 17.5 Å². The van der Waals surface area contributed by atoms with Crippen LogP contribution >= 0.6 is 0 Å². The summed E-state index contributed by atoms with van der Waals surface area (Å²) in [6.07, 6.45) is 2.61. The fourth-order valence-electron chi connectivity index (χ4n) is 1.91. The minimum Gasteiger partial charge on any atom is -0.484 e. The Morgan fingerprint density at radius 2 is 1.91 bits per heavy atom. The summed E-state index contributed by atoms with van der Waals surface area (Å²) in [5.41, 5.74) is 5.77. The Morgan fingerprint density at radius 3 is 2.59 bits per heavy atom. The Labute approximate surface area is 130 Å². The number of carbonyl (C=O) groups excluding carboxylic acids is 1. The van der Waals surface area contributed by atoms with Gasteiger partial charge < -0.3 is 4.74 Å². The van der Waals surface area contributed by atoms with Gasteiger partial charge in [0.05, 0.1) is 6.21 Å². The van der Waals surface area contributed by atoms with Crippen molar-refractivity contribution in [2.45, 2.75) is 20.3 Å². The normalized spacial score (nSPS) is 10.6. The third-order valence-electron chi connectivity index (χ3n) is 3.28. The molecule has 0 radical (unpaired) electrons. The zero-order chi connectivity index (χ0) is 15.8. The maximum atomic E-state index is 11.7. The lowest BCUT2D eigenvalue weighted by Crippen LogP contribution is -2.24. The highest BCUT2D eigenvalue weighted by molar-refractivity contribution is 5.84. The number of hydrazone groups is 1. The molecule has 0 aliphatic heterocycles. The van der Waals surface area contributed by atoms with E-state index in [0.717, 1.165) is 17.5 Å². The molecule has 2 aromatic carbocycles. The molecule has 0 aromatic heterocycles. The molecule has 2 rings (SSSR count). The van der Waals surface area contributed by atoms with Gasteiger partial charge in [0.25, 0.3) is 5.91 Å². The highest BCUT2D eigenvalue weighted by atomic mass is 16.5. The molecule has 0 aliphatic carbocycles. The maximum Gasteiger partial charge on any atom is 0.277 e. The number of hydrogen-bond donors (Lipinski definition) is 1. The molecule has 0 fully saturated rings. The molecule has 0 atom stereocenters. The van der Waals surface area contributed by atoms with Gasteiger partial charge in [-0.25, -0.2) is 5.43 Å². The summed E-state index contributed by atoms with van der Waals surface area (Å²) in [7, 11) is 0. The van der Waals surface area contributed by atoms with Crippen LogP contribution in [0, 0.1) is 6.92 Å². The number of ether oxygens (including phenoxy) is 1. The van der Waals surface area contributed by atoms with Crippen LogP contribution < -0.4 is 10.2 Å². The highest BCUT2D eigenvalue weighted by Gasteiger charge is 2.01. The molecule has 22 heavy (non-hydrogen) atoms. The summed E-state index contributed by atoms with van der Waals surface area (Å²) >= 11 is 0. The quantitative estimate of drug-likeness (QED) is 0.658. The van der Waals surface area contributed by atoms with Crippen LogP contribution in [0.1, 0.15) is 23.6 Å². The lowest BCUT2D eigenvalue weighted by atomic mass is 10.1. The Morgan fingerprint density at radius 1 is 1.18 bits per heavy atom. The van der Waals surface area contributed by atoms with E-state index in [-0.39, 0.29) is 12.5 Å². The van der Waals surface area contributed by atoms with Crippen LogP contribution in [0.3, 0.4) is 0 Å². The number of amides is 1. The smallest absolute Gasteiger partial charge is 0.277 e. The van der Waals surface area contributed by atoms with Gasteiger partial charge in [0, 0.05) is 0 Å². The van der Waals surface area contributed by atoms with Crippen molar-refractivity contribution in [3.8, 4) is 5.75 Å². The van der Waals surface area contributed by atoms with E-state index in [1.54, 1.807) is 6.21 Å². The van der Waals surface area contributed by atoms with E-state index in [4.69, 9.17) is 4.74 Å². The average Bonchev–Trinajstić information content (AvgIpc) is 2.55. The van der Waals surface area contributed by atoms with Crippen molar-refractivity contribution < 1.29 is 9.53 Å². The number of nitrogens with one attached hydrogen (secondary N) is 1. The Hall–Kier alpha value is -2.62. The van der Waals surface area contributed by atoms with Crippen LogP contribution in [0.2, 0.25) is 0 Å². The van der Waals surface area contributed by atoms with E-state index in [0.29, 0.717) is 5.75 Å². The van der Waals surface area contributed by atoms with Crippen molar-refractivity contribution in [3.05, 3.63) is 65.2 Å². The zero-order valence-corrected chi connectivity index (χ0v) is 12.9. The first-order valence-corrected chi connectivity index (χ1v) is 7.28. The molecular formula is C18H20N2O2. The number of carbonyl (C=O) groups is 1. The van der Waals surface area contributed by atoms with E-state index in [1.165, 1.54) is 5.56 Å². The van der Waals surface area contributed by atoms with Gasteiger partial charge in [-0.15, -0.1) is 0 Å². The summed E-state index contributed by atoms with van der Waals surface area (Å²) in [5, 5.41) is 3.94. The summed E-state index contributed by atoms with van der Waals surface area (Å²) in [5.74, 6) is 0.389. The summed E-state index contributed by atoms with van der Waals surface area (Å²) < 4.78 is 5.41. The molecule has 4 heteroatoms. The van der Waals surface area contributed by atoms with Crippen LogP contribution in [-0.2, 0) is 11.2 Å². The summed E-state index contributed by atoms with van der Waals surface area (Å²) in [6, 6.07) is 15.5. The van der Waals surface area contributed by atoms with Gasteiger partial charge in [-0.3, -0.25) is 4.79 Å². The topological polar surface area (TPSA) is 50.7 Å². The molecular weight excluding hydrogens is 276 g/mol. The summed E-state index contributed by atoms with van der Waals surface area (Å²) in [4.78, 5) is 11.7. The number of aryl methyl sites for hydroxylation is 2. The van der Waals surface area contributed by atoms with Crippen LogP contribution in [0.4, 0.5) is 0 Å². The SMILES string of the molecule is CCc1ccc(OCC(=O)N/N=C\c2ccccc2C)cc1. The molecule has 1 N–H and O–H groups in total. The van der Waals surface area contributed by atoms with Crippen LogP contribution in [0.15, 0.2) is 53.6 Å². The van der Waals surface area contributed by atoms with E-state index in [1.807, 2.05) is 55.5 Å². The van der Waals surface area contributed by atoms with Crippen molar-refractivity contribution in [2.24, 2.45) is 5.10 Å². The number of benzene rings is 2. The first-order chi connectivity index (χ1) is 10.7. The number of nitrogens with zero attached hydrogens (tertiary/aromatic N) is 1. The molecule has 2 aromatic rings. The van der Waals surface area contributed by atoms with Gasteiger partial charge in [0.15, 0.2) is 6.61 Å². The lowest BCUT2D eigenvalue weighted by molar-refractivity contribution is -0.123. The van der Waals surface area contributed by atoms with Crippen molar-refractivity contribution in [2.75, 3.05) is 6.61 Å². The van der Waals surface area contributed by atoms with Gasteiger partial charge in [-0.05, 0) is 42.2 Å². The van der Waals surface area contributed by atoms with Crippen molar-refractivity contribution in [1.82, 2.24) is 5.43 Å². The second-order valence-electron chi connectivity index (χ2n) is 4.94. The van der Waals surface area contributed by atoms with Crippen molar-refractivity contribution >= 4 is 12.1 Å². The van der Waals surface area contributed by atoms with Gasteiger partial charge in [0.1, 0.15) is 5.75 Å². The maximum absolute atomic E-state index is 11.7. The molecule has 0 aliphatic rings. The largest absolute Gasteiger partial charge is 0.484 e. The van der Waals surface area contributed by atoms with Gasteiger partial charge in [0.2, 0.25) is 0 Å². The standard InChI is InChI=1S/C18H20N2O2/c1-3-15-8-10-17(11-9-15)22-13-18(21)20-19-12-16-7-5-4-6-14(16)2/h4-12H,3,13H2,1-2H3,(H,20,21)/b19-12-. The van der Waals surface area contributed by atoms with E-state index in [9.17, 15) is 4.79 Å². The predicted molar refractivity (Wildman–Crippen MR) is 88.2 cm³/mol. The van der Waals surface area contributed by atoms with Gasteiger partial charge >= 0.3 is 0 Å². The fraction of sp³-hybridized carbons (Fsp3) is 0.222. The Kier molecular flexibility index (Phi) is 5.72. The molecule has 114 valence electrons. The monoisotopic (exact) mass is 296 g/mol. The minimum atomic E-state index is -0.288.